The number of nitro groups is 2. The van der Waals surface area contributed by atoms with Crippen molar-refractivity contribution in [1.82, 2.24) is 4.90 Å². The van der Waals surface area contributed by atoms with Crippen LogP contribution in [-0.4, -0.2) is 51.9 Å². The molecule has 1 N–H and O–H groups in total. The van der Waals surface area contributed by atoms with Crippen LogP contribution in [0.5, 0.6) is 5.75 Å². The molecule has 1 aliphatic rings. The van der Waals surface area contributed by atoms with Gasteiger partial charge in [-0.05, 0) is 24.3 Å². The summed E-state index contributed by atoms with van der Waals surface area (Å²) in [5.74, 6) is -0.232. The number of phenolic OH excluding ortho intramolecular Hbond substituents is 1. The third kappa shape index (κ3) is 3.78. The molecule has 2 aromatic rings. The molecular formula is C17H16N4O6. The molecule has 1 saturated heterocycles. The van der Waals surface area contributed by atoms with E-state index in [1.807, 2.05) is 0 Å². The van der Waals surface area contributed by atoms with Gasteiger partial charge in [0.05, 0.1) is 15.9 Å². The highest BCUT2D eigenvalue weighted by atomic mass is 16.6. The van der Waals surface area contributed by atoms with Gasteiger partial charge in [-0.15, -0.1) is 0 Å². The van der Waals surface area contributed by atoms with Crippen molar-refractivity contribution in [3.8, 4) is 5.75 Å². The van der Waals surface area contributed by atoms with E-state index >= 15 is 0 Å². The van der Waals surface area contributed by atoms with Crippen LogP contribution in [0.25, 0.3) is 0 Å². The van der Waals surface area contributed by atoms with Gasteiger partial charge in [-0.1, -0.05) is 6.07 Å². The Balaban J connectivity index is 1.75. The maximum Gasteiger partial charge on any atom is 0.299 e. The molecule has 0 unspecified atom stereocenters. The normalized spacial score (nSPS) is 14.1. The van der Waals surface area contributed by atoms with Gasteiger partial charge in [0.2, 0.25) is 0 Å². The van der Waals surface area contributed by atoms with Gasteiger partial charge >= 0.3 is 0 Å². The first-order valence-electron chi connectivity index (χ1n) is 8.13. The van der Waals surface area contributed by atoms with E-state index in [1.165, 1.54) is 24.3 Å². The Bertz CT molecular complexity index is 908. The number of aromatic hydroxyl groups is 1. The second-order valence-electron chi connectivity index (χ2n) is 6.02. The summed E-state index contributed by atoms with van der Waals surface area (Å²) in [6.07, 6.45) is 0. The minimum Gasteiger partial charge on any atom is -0.508 e. The molecule has 27 heavy (non-hydrogen) atoms. The summed E-state index contributed by atoms with van der Waals surface area (Å²) in [5, 5.41) is 31.6. The summed E-state index contributed by atoms with van der Waals surface area (Å²) in [6, 6.07) is 9.59. The second kappa shape index (κ2) is 7.28. The lowest BCUT2D eigenvalue weighted by molar-refractivity contribution is -0.393. The molecule has 10 heteroatoms. The fraction of sp³-hybridized carbons (Fsp3) is 0.235. The van der Waals surface area contributed by atoms with E-state index in [0.29, 0.717) is 31.7 Å². The smallest absolute Gasteiger partial charge is 0.299 e. The Hall–Kier alpha value is -3.69. The Morgan fingerprint density at radius 2 is 1.67 bits per heavy atom. The van der Waals surface area contributed by atoms with Gasteiger partial charge < -0.3 is 14.9 Å². The first-order valence-corrected chi connectivity index (χ1v) is 8.13. The molecular weight excluding hydrogens is 356 g/mol. The lowest BCUT2D eigenvalue weighted by Gasteiger charge is -2.35. The lowest BCUT2D eigenvalue weighted by Crippen LogP contribution is -2.48. The van der Waals surface area contributed by atoms with Crippen molar-refractivity contribution in [3.05, 3.63) is 68.3 Å². The number of carbonyl (C=O) groups excluding carboxylic acids is 1. The van der Waals surface area contributed by atoms with E-state index < -0.39 is 9.85 Å². The number of rotatable bonds is 4. The zero-order valence-corrected chi connectivity index (χ0v) is 14.1. The molecule has 2 aromatic carbocycles. The number of amides is 1. The van der Waals surface area contributed by atoms with Gasteiger partial charge in [0.15, 0.2) is 0 Å². The quantitative estimate of drug-likeness (QED) is 0.643. The molecule has 1 fully saturated rings. The number of phenols is 1. The van der Waals surface area contributed by atoms with Crippen LogP contribution >= 0.6 is 0 Å². The maximum absolute atomic E-state index is 12.5. The molecule has 10 nitrogen and oxygen atoms in total. The molecule has 3 rings (SSSR count). The average Bonchev–Trinajstić information content (AvgIpc) is 2.67. The first kappa shape index (κ1) is 18.1. The van der Waals surface area contributed by atoms with Crippen LogP contribution in [-0.2, 0) is 0 Å². The van der Waals surface area contributed by atoms with E-state index in [9.17, 15) is 30.1 Å². The highest BCUT2D eigenvalue weighted by molar-refractivity contribution is 5.94. The lowest BCUT2D eigenvalue weighted by atomic mass is 10.1. The molecule has 1 amide bonds. The van der Waals surface area contributed by atoms with Crippen LogP contribution in [0.4, 0.5) is 17.1 Å². The van der Waals surface area contributed by atoms with Crippen LogP contribution in [0, 0.1) is 20.2 Å². The Labute approximate surface area is 153 Å². The Morgan fingerprint density at radius 3 is 2.26 bits per heavy atom. The molecule has 0 spiro atoms. The molecule has 0 atom stereocenters. The summed E-state index contributed by atoms with van der Waals surface area (Å²) in [6.45, 7) is 1.37. The number of piperazine rings is 1. The fourth-order valence-electron chi connectivity index (χ4n) is 3.01. The predicted molar refractivity (Wildman–Crippen MR) is 96.0 cm³/mol. The number of benzene rings is 2. The van der Waals surface area contributed by atoms with Crippen molar-refractivity contribution in [3.63, 3.8) is 0 Å². The second-order valence-corrected chi connectivity index (χ2v) is 6.02. The SMILES string of the molecule is O=C(c1cccc(O)c1)N1CCN(c2ccc([N+](=O)[O-])cc2[N+](=O)[O-])CC1. The Kier molecular flexibility index (Phi) is 4.88. The van der Waals surface area contributed by atoms with E-state index in [-0.39, 0.29) is 28.7 Å². The molecule has 0 bridgehead atoms. The van der Waals surface area contributed by atoms with Gasteiger partial charge in [-0.25, -0.2) is 0 Å². The topological polar surface area (TPSA) is 130 Å². The van der Waals surface area contributed by atoms with Crippen LogP contribution in [0.3, 0.4) is 0 Å². The minimum atomic E-state index is -0.678. The zero-order chi connectivity index (χ0) is 19.6. The highest BCUT2D eigenvalue weighted by Crippen LogP contribution is 2.32. The number of anilines is 1. The van der Waals surface area contributed by atoms with E-state index in [1.54, 1.807) is 21.9 Å². The number of hydrogen-bond donors (Lipinski definition) is 1. The van der Waals surface area contributed by atoms with Crippen molar-refractivity contribution in [1.29, 1.82) is 0 Å². The number of carbonyl (C=O) groups is 1. The summed E-state index contributed by atoms with van der Waals surface area (Å²) < 4.78 is 0. The molecule has 140 valence electrons. The van der Waals surface area contributed by atoms with Gasteiger partial charge in [-0.3, -0.25) is 25.0 Å². The minimum absolute atomic E-state index is 0.000917. The predicted octanol–water partition coefficient (Wildman–Crippen LogP) is 2.17. The summed E-state index contributed by atoms with van der Waals surface area (Å²) in [4.78, 5) is 36.7. The molecule has 1 aliphatic heterocycles. The average molecular weight is 372 g/mol. The maximum atomic E-state index is 12.5. The van der Waals surface area contributed by atoms with Crippen molar-refractivity contribution >= 4 is 23.0 Å². The van der Waals surface area contributed by atoms with Gasteiger partial charge in [0.1, 0.15) is 11.4 Å². The summed E-state index contributed by atoms with van der Waals surface area (Å²) in [5.41, 5.74) is -0.0278. The molecule has 0 aromatic heterocycles. The van der Waals surface area contributed by atoms with Crippen LogP contribution in [0.15, 0.2) is 42.5 Å². The van der Waals surface area contributed by atoms with Crippen molar-refractivity contribution in [2.24, 2.45) is 0 Å². The van der Waals surface area contributed by atoms with E-state index in [4.69, 9.17) is 0 Å². The third-order valence-corrected chi connectivity index (χ3v) is 4.37. The highest BCUT2D eigenvalue weighted by Gasteiger charge is 2.28. The third-order valence-electron chi connectivity index (χ3n) is 4.37. The van der Waals surface area contributed by atoms with Gasteiger partial charge in [0.25, 0.3) is 17.3 Å². The monoisotopic (exact) mass is 372 g/mol. The zero-order valence-electron chi connectivity index (χ0n) is 14.1. The molecule has 0 aliphatic carbocycles. The fourth-order valence-corrected chi connectivity index (χ4v) is 3.01. The molecule has 0 radical (unpaired) electrons. The van der Waals surface area contributed by atoms with Gasteiger partial charge in [0, 0.05) is 37.8 Å². The van der Waals surface area contributed by atoms with Crippen molar-refractivity contribution in [2.75, 3.05) is 31.1 Å². The first-order chi connectivity index (χ1) is 12.9. The number of nitrogens with zero attached hydrogens (tertiary/aromatic N) is 4. The molecule has 1 heterocycles. The van der Waals surface area contributed by atoms with E-state index in [0.717, 1.165) is 6.07 Å². The largest absolute Gasteiger partial charge is 0.508 e. The number of nitro benzene ring substituents is 2. The molecule has 0 saturated carbocycles. The van der Waals surface area contributed by atoms with Crippen molar-refractivity contribution < 1.29 is 19.7 Å². The number of non-ortho nitro benzene ring substituents is 1. The Morgan fingerprint density at radius 1 is 0.963 bits per heavy atom. The number of hydrogen-bond acceptors (Lipinski definition) is 7. The summed E-state index contributed by atoms with van der Waals surface area (Å²) in [7, 11) is 0. The van der Waals surface area contributed by atoms with Crippen molar-refractivity contribution in [2.45, 2.75) is 0 Å². The van der Waals surface area contributed by atoms with Crippen LogP contribution in [0.2, 0.25) is 0 Å². The summed E-state index contributed by atoms with van der Waals surface area (Å²) >= 11 is 0. The van der Waals surface area contributed by atoms with Crippen LogP contribution in [0.1, 0.15) is 10.4 Å². The standard InChI is InChI=1S/C17H16N4O6/c22-14-3-1-2-12(10-14)17(23)19-8-6-18(7-9-19)15-5-4-13(20(24)25)11-16(15)21(26)27/h1-5,10-11,22H,6-9H2. The van der Waals surface area contributed by atoms with Crippen LogP contribution < -0.4 is 4.90 Å². The van der Waals surface area contributed by atoms with Gasteiger partial charge in [-0.2, -0.15) is 0 Å². The van der Waals surface area contributed by atoms with E-state index in [2.05, 4.69) is 0 Å².